The molecule has 1 aromatic heterocycles. The number of para-hydroxylation sites is 1. The zero-order valence-corrected chi connectivity index (χ0v) is 14.6. The zero-order valence-electron chi connectivity index (χ0n) is 14.6. The highest BCUT2D eigenvalue weighted by atomic mass is 19.4. The Labute approximate surface area is 158 Å². The molecule has 9 heteroatoms. The Kier molecular flexibility index (Phi) is 4.68. The van der Waals surface area contributed by atoms with Crippen LogP contribution in [0.15, 0.2) is 42.5 Å². The number of rotatable bonds is 3. The Morgan fingerprint density at radius 3 is 2.50 bits per heavy atom. The molecule has 146 valence electrons. The number of phenols is 1. The zero-order chi connectivity index (χ0) is 19.7. The Morgan fingerprint density at radius 2 is 1.79 bits per heavy atom. The first kappa shape index (κ1) is 18.3. The van der Waals surface area contributed by atoms with E-state index in [1.165, 1.54) is 24.3 Å². The van der Waals surface area contributed by atoms with Crippen LogP contribution in [0.5, 0.6) is 11.5 Å². The van der Waals surface area contributed by atoms with Crippen LogP contribution < -0.4 is 9.64 Å². The first-order valence-electron chi connectivity index (χ1n) is 8.59. The fourth-order valence-corrected chi connectivity index (χ4v) is 3.09. The number of alkyl halides is 3. The van der Waals surface area contributed by atoms with Gasteiger partial charge in [0.1, 0.15) is 17.3 Å². The van der Waals surface area contributed by atoms with Gasteiger partial charge in [0.15, 0.2) is 5.82 Å². The van der Waals surface area contributed by atoms with Crippen molar-refractivity contribution < 1.29 is 27.8 Å². The predicted octanol–water partition coefficient (Wildman–Crippen LogP) is 3.74. The molecule has 1 aliphatic rings. The lowest BCUT2D eigenvalue weighted by molar-refractivity contribution is -0.274. The van der Waals surface area contributed by atoms with E-state index in [1.807, 2.05) is 4.90 Å². The van der Waals surface area contributed by atoms with Crippen LogP contribution in [0.2, 0.25) is 0 Å². The molecule has 4 rings (SSSR count). The fourth-order valence-electron chi connectivity index (χ4n) is 3.09. The van der Waals surface area contributed by atoms with Crippen LogP contribution in [0, 0.1) is 0 Å². The molecular weight excluding hydrogens is 375 g/mol. The molecule has 1 aliphatic heterocycles. The molecule has 0 aliphatic carbocycles. The summed E-state index contributed by atoms with van der Waals surface area (Å²) in [7, 11) is 0. The Morgan fingerprint density at radius 1 is 1.04 bits per heavy atom. The number of halogens is 3. The van der Waals surface area contributed by atoms with Gasteiger partial charge in [0.05, 0.1) is 24.3 Å². The van der Waals surface area contributed by atoms with Crippen molar-refractivity contribution in [2.24, 2.45) is 0 Å². The van der Waals surface area contributed by atoms with E-state index >= 15 is 0 Å². The first-order chi connectivity index (χ1) is 13.4. The van der Waals surface area contributed by atoms with Gasteiger partial charge in [-0.3, -0.25) is 0 Å². The number of phenolic OH excluding ortho intramolecular Hbond substituents is 1. The van der Waals surface area contributed by atoms with Gasteiger partial charge in [-0.1, -0.05) is 12.1 Å². The van der Waals surface area contributed by atoms with Crippen LogP contribution in [0.3, 0.4) is 0 Å². The van der Waals surface area contributed by atoms with Crippen LogP contribution in [-0.2, 0) is 4.74 Å². The molecule has 0 amide bonds. The van der Waals surface area contributed by atoms with Crippen molar-refractivity contribution in [1.82, 2.24) is 9.97 Å². The van der Waals surface area contributed by atoms with Gasteiger partial charge < -0.3 is 19.5 Å². The lowest BCUT2D eigenvalue weighted by Gasteiger charge is -2.29. The van der Waals surface area contributed by atoms with E-state index in [9.17, 15) is 18.3 Å². The summed E-state index contributed by atoms with van der Waals surface area (Å²) in [6.07, 6.45) is -4.79. The van der Waals surface area contributed by atoms with E-state index in [-0.39, 0.29) is 17.3 Å². The van der Waals surface area contributed by atoms with E-state index in [2.05, 4.69) is 14.7 Å². The van der Waals surface area contributed by atoms with Crippen LogP contribution >= 0.6 is 0 Å². The van der Waals surface area contributed by atoms with Crippen LogP contribution in [-0.4, -0.2) is 47.7 Å². The van der Waals surface area contributed by atoms with Gasteiger partial charge >= 0.3 is 6.36 Å². The minimum atomic E-state index is -4.79. The first-order valence-corrected chi connectivity index (χ1v) is 8.59. The Bertz CT molecular complexity index is 1000. The van der Waals surface area contributed by atoms with Crippen LogP contribution in [0.4, 0.5) is 19.0 Å². The van der Waals surface area contributed by atoms with Crippen molar-refractivity contribution in [2.45, 2.75) is 6.36 Å². The molecule has 2 aromatic carbocycles. The lowest BCUT2D eigenvalue weighted by Crippen LogP contribution is -2.37. The normalized spacial score (nSPS) is 15.0. The second-order valence-electron chi connectivity index (χ2n) is 6.21. The van der Waals surface area contributed by atoms with Gasteiger partial charge in [0.25, 0.3) is 0 Å². The van der Waals surface area contributed by atoms with Gasteiger partial charge in [-0.2, -0.15) is 0 Å². The maximum atomic E-state index is 12.6. The van der Waals surface area contributed by atoms with Gasteiger partial charge in [-0.15, -0.1) is 13.2 Å². The molecule has 1 N–H and O–H groups in total. The number of aromatic nitrogens is 2. The topological polar surface area (TPSA) is 67.7 Å². The fraction of sp³-hybridized carbons (Fsp3) is 0.263. The highest BCUT2D eigenvalue weighted by Crippen LogP contribution is 2.34. The van der Waals surface area contributed by atoms with Gasteiger partial charge in [0.2, 0.25) is 0 Å². The summed E-state index contributed by atoms with van der Waals surface area (Å²) in [6, 6.07) is 10.6. The summed E-state index contributed by atoms with van der Waals surface area (Å²) in [5.74, 6) is 0.441. The largest absolute Gasteiger partial charge is 0.573 e. The third-order valence-electron chi connectivity index (χ3n) is 4.34. The van der Waals surface area contributed by atoms with Crippen molar-refractivity contribution >= 4 is 16.7 Å². The molecule has 0 spiro atoms. The maximum absolute atomic E-state index is 12.6. The van der Waals surface area contributed by atoms with E-state index in [4.69, 9.17) is 4.74 Å². The highest BCUT2D eigenvalue weighted by molar-refractivity contribution is 5.92. The molecule has 0 radical (unpaired) electrons. The number of aromatic hydroxyl groups is 1. The average molecular weight is 391 g/mol. The van der Waals surface area contributed by atoms with Crippen molar-refractivity contribution in [3.63, 3.8) is 0 Å². The number of fused-ring (bicyclic) bond motifs is 1. The van der Waals surface area contributed by atoms with Crippen molar-refractivity contribution in [3.05, 3.63) is 42.5 Å². The molecule has 3 aromatic rings. The summed E-state index contributed by atoms with van der Waals surface area (Å²) in [5.41, 5.74) is 0.888. The summed E-state index contributed by atoms with van der Waals surface area (Å²) in [6.45, 7) is 2.04. The van der Waals surface area contributed by atoms with Crippen LogP contribution in [0.1, 0.15) is 0 Å². The molecule has 1 saturated heterocycles. The van der Waals surface area contributed by atoms with Gasteiger partial charge in [0, 0.05) is 18.5 Å². The quantitative estimate of drug-likeness (QED) is 0.734. The van der Waals surface area contributed by atoms with Gasteiger partial charge in [-0.25, -0.2) is 9.97 Å². The summed E-state index contributed by atoms with van der Waals surface area (Å²) in [4.78, 5) is 10.9. The Hall–Kier alpha value is -3.07. The number of nitrogens with zero attached hydrogens (tertiary/aromatic N) is 3. The molecule has 28 heavy (non-hydrogen) atoms. The summed E-state index contributed by atoms with van der Waals surface area (Å²) in [5, 5.41) is 10.6. The SMILES string of the molecule is Oc1ccccc1-c1nc(N2CCOCC2)c2cc(OC(F)(F)F)ccc2n1. The monoisotopic (exact) mass is 391 g/mol. The minimum Gasteiger partial charge on any atom is -0.507 e. The van der Waals surface area contributed by atoms with Gasteiger partial charge in [-0.05, 0) is 30.3 Å². The molecule has 0 atom stereocenters. The third-order valence-corrected chi connectivity index (χ3v) is 4.34. The van der Waals surface area contributed by atoms with E-state index in [1.54, 1.807) is 18.2 Å². The number of hydrogen-bond acceptors (Lipinski definition) is 6. The predicted molar refractivity (Wildman–Crippen MR) is 96.4 cm³/mol. The smallest absolute Gasteiger partial charge is 0.507 e. The molecule has 2 heterocycles. The second-order valence-corrected chi connectivity index (χ2v) is 6.21. The highest BCUT2D eigenvalue weighted by Gasteiger charge is 2.31. The van der Waals surface area contributed by atoms with E-state index in [0.29, 0.717) is 48.6 Å². The molecule has 1 fully saturated rings. The van der Waals surface area contributed by atoms with Crippen molar-refractivity contribution in [3.8, 4) is 22.9 Å². The van der Waals surface area contributed by atoms with Crippen molar-refractivity contribution in [1.29, 1.82) is 0 Å². The second kappa shape index (κ2) is 7.16. The minimum absolute atomic E-state index is 0.0202. The average Bonchev–Trinajstić information content (AvgIpc) is 2.67. The number of hydrogen-bond donors (Lipinski definition) is 1. The number of anilines is 1. The lowest BCUT2D eigenvalue weighted by atomic mass is 10.1. The molecule has 0 unspecified atom stereocenters. The Balaban J connectivity index is 1.88. The maximum Gasteiger partial charge on any atom is 0.573 e. The standard InChI is InChI=1S/C19H16F3N3O3/c20-19(21,22)28-12-5-6-15-14(11-12)18(25-7-9-27-10-8-25)24-17(23-15)13-3-1-2-4-16(13)26/h1-6,11,26H,7-10H2. The molecular formula is C19H16F3N3O3. The van der Waals surface area contributed by atoms with Crippen LogP contribution in [0.25, 0.3) is 22.3 Å². The van der Waals surface area contributed by atoms with Crippen molar-refractivity contribution in [2.75, 3.05) is 31.2 Å². The van der Waals surface area contributed by atoms with E-state index in [0.717, 1.165) is 0 Å². The third kappa shape index (κ3) is 3.79. The van der Waals surface area contributed by atoms with E-state index < -0.39 is 6.36 Å². The number of benzene rings is 2. The number of ether oxygens (including phenoxy) is 2. The number of morpholine rings is 1. The molecule has 0 saturated carbocycles. The molecule has 6 nitrogen and oxygen atoms in total. The summed E-state index contributed by atoms with van der Waals surface area (Å²) >= 11 is 0. The summed E-state index contributed by atoms with van der Waals surface area (Å²) < 4.78 is 47.3. The molecule has 0 bridgehead atoms.